The molecule has 0 radical (unpaired) electrons. The number of rotatable bonds is 4. The molecule has 0 saturated heterocycles. The Morgan fingerprint density at radius 2 is 2.17 bits per heavy atom. The van der Waals surface area contributed by atoms with E-state index in [2.05, 4.69) is 17.1 Å². The Morgan fingerprint density at radius 1 is 1.44 bits per heavy atom. The predicted octanol–water partition coefficient (Wildman–Crippen LogP) is 3.26. The number of H-pyrrole nitrogens is 1. The number of aromatic nitrogens is 3. The van der Waals surface area contributed by atoms with Gasteiger partial charge >= 0.3 is 0 Å². The number of para-hydroxylation sites is 1. The number of benzene rings is 1. The van der Waals surface area contributed by atoms with Crippen molar-refractivity contribution in [3.05, 3.63) is 34.9 Å². The van der Waals surface area contributed by atoms with Crippen LogP contribution in [0.15, 0.2) is 24.3 Å². The maximum absolute atomic E-state index is 13.7. The van der Waals surface area contributed by atoms with E-state index in [0.29, 0.717) is 16.4 Å². The fourth-order valence-electron chi connectivity index (χ4n) is 1.82. The van der Waals surface area contributed by atoms with Crippen LogP contribution in [0, 0.1) is 10.6 Å². The van der Waals surface area contributed by atoms with Crippen molar-refractivity contribution in [2.45, 2.75) is 19.9 Å². The van der Waals surface area contributed by atoms with E-state index in [1.165, 1.54) is 6.07 Å². The third kappa shape index (κ3) is 2.28. The monoisotopic (exact) mass is 266 g/mol. The molecule has 96 valence electrons. The number of nitrogens with one attached hydrogen (secondary N) is 1. The number of anilines is 2. The van der Waals surface area contributed by atoms with Crippen LogP contribution < -0.4 is 4.90 Å². The summed E-state index contributed by atoms with van der Waals surface area (Å²) in [5.74, 6) is 0.337. The van der Waals surface area contributed by atoms with Crippen LogP contribution in [0.3, 0.4) is 0 Å². The molecule has 0 aliphatic heterocycles. The zero-order valence-corrected chi connectivity index (χ0v) is 11.2. The van der Waals surface area contributed by atoms with Gasteiger partial charge in [0, 0.05) is 13.6 Å². The lowest BCUT2D eigenvalue weighted by Gasteiger charge is -2.19. The van der Waals surface area contributed by atoms with Gasteiger partial charge in [0.05, 0.1) is 5.69 Å². The molecule has 2 rings (SSSR count). The highest BCUT2D eigenvalue weighted by Gasteiger charge is 2.14. The van der Waals surface area contributed by atoms with E-state index in [4.69, 9.17) is 12.2 Å². The summed E-state index contributed by atoms with van der Waals surface area (Å²) < 4.78 is 16.1. The largest absolute Gasteiger partial charge is 0.311 e. The molecule has 0 fully saturated rings. The van der Waals surface area contributed by atoms with Gasteiger partial charge in [0.25, 0.3) is 0 Å². The number of nitrogens with zero attached hydrogens (tertiary/aromatic N) is 3. The van der Waals surface area contributed by atoms with Gasteiger partial charge in [-0.2, -0.15) is 0 Å². The van der Waals surface area contributed by atoms with Crippen LogP contribution in [0.2, 0.25) is 0 Å². The highest BCUT2D eigenvalue weighted by Crippen LogP contribution is 2.24. The molecule has 0 spiro atoms. The van der Waals surface area contributed by atoms with Crippen molar-refractivity contribution in [2.24, 2.45) is 0 Å². The highest BCUT2D eigenvalue weighted by molar-refractivity contribution is 7.71. The van der Waals surface area contributed by atoms with Crippen LogP contribution >= 0.6 is 12.2 Å². The average molecular weight is 266 g/mol. The lowest BCUT2D eigenvalue weighted by molar-refractivity contribution is 0.622. The third-order valence-electron chi connectivity index (χ3n) is 2.70. The quantitative estimate of drug-likeness (QED) is 0.863. The molecule has 0 aliphatic carbocycles. The van der Waals surface area contributed by atoms with Gasteiger partial charge in [-0.15, -0.1) is 5.10 Å². The Morgan fingerprint density at radius 3 is 2.83 bits per heavy atom. The van der Waals surface area contributed by atoms with Crippen molar-refractivity contribution in [3.63, 3.8) is 0 Å². The van der Waals surface area contributed by atoms with Crippen molar-refractivity contribution in [1.29, 1.82) is 0 Å². The molecule has 6 heteroatoms. The first-order valence-corrected chi connectivity index (χ1v) is 6.19. The summed E-state index contributed by atoms with van der Waals surface area (Å²) in [5, 5.41) is 6.90. The number of hydrogen-bond donors (Lipinski definition) is 1. The second-order valence-electron chi connectivity index (χ2n) is 3.99. The van der Waals surface area contributed by atoms with Gasteiger partial charge in [-0.05, 0) is 30.8 Å². The smallest absolute Gasteiger partial charge is 0.230 e. The van der Waals surface area contributed by atoms with Gasteiger partial charge in [0.1, 0.15) is 5.82 Å². The maximum Gasteiger partial charge on any atom is 0.230 e. The number of aromatic amines is 1. The summed E-state index contributed by atoms with van der Waals surface area (Å²) in [4.78, 5) is 1.69. The molecular weight excluding hydrogens is 251 g/mol. The Kier molecular flexibility index (Phi) is 3.76. The Hall–Kier alpha value is -1.69. The zero-order valence-electron chi connectivity index (χ0n) is 10.4. The predicted molar refractivity (Wildman–Crippen MR) is 72.2 cm³/mol. The van der Waals surface area contributed by atoms with Gasteiger partial charge in [-0.25, -0.2) is 9.49 Å². The normalized spacial score (nSPS) is 10.6. The summed E-state index contributed by atoms with van der Waals surface area (Å²) in [6.45, 7) is 2.81. The molecule has 18 heavy (non-hydrogen) atoms. The Balaban J connectivity index is 2.43. The van der Waals surface area contributed by atoms with Crippen LogP contribution in [-0.2, 0) is 6.54 Å². The number of hydrogen-bond acceptors (Lipinski definition) is 3. The van der Waals surface area contributed by atoms with Gasteiger partial charge in [-0.3, -0.25) is 4.57 Å². The van der Waals surface area contributed by atoms with E-state index < -0.39 is 0 Å². The van der Waals surface area contributed by atoms with Crippen LogP contribution in [0.1, 0.15) is 13.3 Å². The summed E-state index contributed by atoms with van der Waals surface area (Å²) in [6.07, 6.45) is 0.936. The second-order valence-corrected chi connectivity index (χ2v) is 4.38. The highest BCUT2D eigenvalue weighted by atomic mass is 32.1. The lowest BCUT2D eigenvalue weighted by atomic mass is 10.3. The molecule has 2 aromatic rings. The molecule has 1 N–H and O–H groups in total. The van der Waals surface area contributed by atoms with E-state index in [-0.39, 0.29) is 5.82 Å². The molecule has 1 aromatic carbocycles. The van der Waals surface area contributed by atoms with Crippen molar-refractivity contribution in [1.82, 2.24) is 14.8 Å². The first-order valence-electron chi connectivity index (χ1n) is 5.78. The molecule has 1 heterocycles. The number of halogens is 1. The molecule has 0 atom stereocenters. The van der Waals surface area contributed by atoms with Crippen molar-refractivity contribution >= 4 is 23.9 Å². The fraction of sp³-hybridized carbons (Fsp3) is 0.333. The lowest BCUT2D eigenvalue weighted by Crippen LogP contribution is -2.17. The van der Waals surface area contributed by atoms with Crippen LogP contribution in [0.5, 0.6) is 0 Å². The summed E-state index contributed by atoms with van der Waals surface area (Å²) in [6, 6.07) is 6.59. The second kappa shape index (κ2) is 5.30. The fourth-order valence-corrected chi connectivity index (χ4v) is 2.04. The molecule has 1 aromatic heterocycles. The molecular formula is C12H15FN4S. The van der Waals surface area contributed by atoms with Crippen molar-refractivity contribution < 1.29 is 4.39 Å². The van der Waals surface area contributed by atoms with Gasteiger partial charge in [-0.1, -0.05) is 19.1 Å². The summed E-state index contributed by atoms with van der Waals surface area (Å²) >= 11 is 5.16. The minimum absolute atomic E-state index is 0.281. The van der Waals surface area contributed by atoms with E-state index in [0.717, 1.165) is 13.0 Å². The standard InChI is InChI=1S/C12H15FN4S/c1-3-8-17-11(14-15-12(17)18)16(2)10-7-5-4-6-9(10)13/h4-7H,3,8H2,1-2H3,(H,15,18). The zero-order chi connectivity index (χ0) is 13.1. The minimum Gasteiger partial charge on any atom is -0.311 e. The Bertz CT molecular complexity index is 590. The van der Waals surface area contributed by atoms with Gasteiger partial charge in [0.2, 0.25) is 5.95 Å². The molecule has 0 unspecified atom stereocenters. The third-order valence-corrected chi connectivity index (χ3v) is 3.01. The van der Waals surface area contributed by atoms with E-state index in [1.54, 1.807) is 30.1 Å². The first kappa shape index (κ1) is 12.8. The van der Waals surface area contributed by atoms with Crippen LogP contribution in [0.4, 0.5) is 16.0 Å². The average Bonchev–Trinajstić information content (AvgIpc) is 2.72. The molecule has 0 saturated carbocycles. The van der Waals surface area contributed by atoms with Crippen LogP contribution in [0.25, 0.3) is 0 Å². The van der Waals surface area contributed by atoms with E-state index >= 15 is 0 Å². The SMILES string of the molecule is CCCn1c(N(C)c2ccccc2F)n[nH]c1=S. The van der Waals surface area contributed by atoms with Crippen molar-refractivity contribution in [2.75, 3.05) is 11.9 Å². The van der Waals surface area contributed by atoms with Crippen LogP contribution in [-0.4, -0.2) is 21.8 Å². The molecule has 0 bridgehead atoms. The van der Waals surface area contributed by atoms with Gasteiger partial charge in [0.15, 0.2) is 4.77 Å². The first-order chi connectivity index (χ1) is 8.65. The van der Waals surface area contributed by atoms with Crippen molar-refractivity contribution in [3.8, 4) is 0 Å². The topological polar surface area (TPSA) is 36.9 Å². The van der Waals surface area contributed by atoms with E-state index in [9.17, 15) is 4.39 Å². The molecule has 0 aliphatic rings. The summed E-state index contributed by atoms with van der Waals surface area (Å²) in [7, 11) is 1.77. The molecule has 0 amide bonds. The molecule has 4 nitrogen and oxygen atoms in total. The minimum atomic E-state index is -0.281. The summed E-state index contributed by atoms with van der Waals surface area (Å²) in [5.41, 5.74) is 0.476. The maximum atomic E-state index is 13.7. The van der Waals surface area contributed by atoms with Gasteiger partial charge < -0.3 is 4.90 Å². The Labute approximate surface area is 110 Å². The van der Waals surface area contributed by atoms with E-state index in [1.807, 2.05) is 4.57 Å².